The standard InChI is InChI=1S/C22H29NO4/c1-2-3-6-17-7-9-18(10-8-17)22(24)23-13-4-5-14-25-19-11-12-20-21(15-19)27-16-26-20/h11-12,15,17-18H,2-3,6-10,13-14,16H2,1H3,(H,23,24). The van der Waals surface area contributed by atoms with Gasteiger partial charge in [-0.1, -0.05) is 38.0 Å². The molecular weight excluding hydrogens is 342 g/mol. The number of carbonyl (C=O) groups excluding carboxylic acids is 1. The molecule has 0 aromatic heterocycles. The van der Waals surface area contributed by atoms with Crippen LogP contribution in [-0.2, 0) is 4.79 Å². The highest BCUT2D eigenvalue weighted by molar-refractivity contribution is 5.78. The maximum absolute atomic E-state index is 12.2. The van der Waals surface area contributed by atoms with Crippen LogP contribution in [0.1, 0.15) is 51.9 Å². The number of rotatable bonds is 7. The minimum Gasteiger partial charge on any atom is -0.481 e. The zero-order valence-corrected chi connectivity index (χ0v) is 16.1. The van der Waals surface area contributed by atoms with E-state index in [-0.39, 0.29) is 25.2 Å². The summed E-state index contributed by atoms with van der Waals surface area (Å²) in [6.45, 7) is 3.14. The normalized spacial score (nSPS) is 20.5. The summed E-state index contributed by atoms with van der Waals surface area (Å²) in [6, 6.07) is 5.44. The van der Waals surface area contributed by atoms with Crippen LogP contribution in [0.5, 0.6) is 17.2 Å². The maximum Gasteiger partial charge on any atom is 0.231 e. The van der Waals surface area contributed by atoms with Crippen LogP contribution in [0, 0.1) is 23.7 Å². The van der Waals surface area contributed by atoms with E-state index in [1.165, 1.54) is 32.1 Å². The van der Waals surface area contributed by atoms with Crippen molar-refractivity contribution in [2.24, 2.45) is 11.8 Å². The first-order chi connectivity index (χ1) is 13.3. The Hall–Kier alpha value is -2.35. The number of carbonyl (C=O) groups is 1. The van der Waals surface area contributed by atoms with Gasteiger partial charge in [-0.05, 0) is 43.7 Å². The molecule has 0 saturated heterocycles. The summed E-state index contributed by atoms with van der Waals surface area (Å²) in [7, 11) is 0. The van der Waals surface area contributed by atoms with Crippen molar-refractivity contribution in [2.45, 2.75) is 51.9 Å². The van der Waals surface area contributed by atoms with Gasteiger partial charge in [0.1, 0.15) is 12.4 Å². The average Bonchev–Trinajstić information content (AvgIpc) is 3.17. The van der Waals surface area contributed by atoms with Gasteiger partial charge >= 0.3 is 0 Å². The molecule has 0 bridgehead atoms. The van der Waals surface area contributed by atoms with Crippen molar-refractivity contribution >= 4 is 5.91 Å². The monoisotopic (exact) mass is 371 g/mol. The summed E-state index contributed by atoms with van der Waals surface area (Å²) >= 11 is 0. The Morgan fingerprint density at radius 1 is 1.19 bits per heavy atom. The number of nitrogens with one attached hydrogen (secondary N) is 1. The van der Waals surface area contributed by atoms with E-state index in [9.17, 15) is 4.79 Å². The van der Waals surface area contributed by atoms with Crippen LogP contribution >= 0.6 is 0 Å². The predicted molar refractivity (Wildman–Crippen MR) is 104 cm³/mol. The molecule has 0 spiro atoms. The van der Waals surface area contributed by atoms with Gasteiger partial charge in [0.05, 0.1) is 6.54 Å². The van der Waals surface area contributed by atoms with Crippen LogP contribution < -0.4 is 19.5 Å². The fraction of sp³-hybridized carbons (Fsp3) is 0.591. The largest absolute Gasteiger partial charge is 0.481 e. The predicted octanol–water partition coefficient (Wildman–Crippen LogP) is 3.91. The minimum absolute atomic E-state index is 0.148. The highest BCUT2D eigenvalue weighted by Gasteiger charge is 2.25. The van der Waals surface area contributed by atoms with Crippen LogP contribution in [0.4, 0.5) is 0 Å². The lowest BCUT2D eigenvalue weighted by Crippen LogP contribution is -2.33. The van der Waals surface area contributed by atoms with Crippen LogP contribution in [0.15, 0.2) is 18.2 Å². The first-order valence-corrected chi connectivity index (χ1v) is 10.0. The zero-order valence-electron chi connectivity index (χ0n) is 16.1. The van der Waals surface area contributed by atoms with Crippen LogP contribution in [0.3, 0.4) is 0 Å². The van der Waals surface area contributed by atoms with Gasteiger partial charge in [0.15, 0.2) is 11.5 Å². The lowest BCUT2D eigenvalue weighted by molar-refractivity contribution is -0.125. The Balaban J connectivity index is 1.30. The molecule has 1 saturated carbocycles. The van der Waals surface area contributed by atoms with E-state index < -0.39 is 0 Å². The average molecular weight is 371 g/mol. The molecule has 1 N–H and O–H groups in total. The van der Waals surface area contributed by atoms with Gasteiger partial charge in [-0.3, -0.25) is 4.79 Å². The van der Waals surface area contributed by atoms with E-state index in [1.54, 1.807) is 6.07 Å². The first-order valence-electron chi connectivity index (χ1n) is 10.0. The van der Waals surface area contributed by atoms with Crippen molar-refractivity contribution in [3.8, 4) is 29.1 Å². The van der Waals surface area contributed by atoms with Crippen molar-refractivity contribution in [1.82, 2.24) is 5.32 Å². The lowest BCUT2D eigenvalue weighted by atomic mass is 9.79. The molecule has 0 unspecified atom stereocenters. The molecule has 27 heavy (non-hydrogen) atoms. The van der Waals surface area contributed by atoms with E-state index in [1.807, 2.05) is 12.1 Å². The van der Waals surface area contributed by atoms with Crippen molar-refractivity contribution in [2.75, 3.05) is 19.9 Å². The van der Waals surface area contributed by atoms with Gasteiger partial charge < -0.3 is 19.5 Å². The fourth-order valence-electron chi connectivity index (χ4n) is 3.68. The van der Waals surface area contributed by atoms with E-state index in [0.717, 1.165) is 24.5 Å². The summed E-state index contributed by atoms with van der Waals surface area (Å²) in [5.74, 6) is 9.13. The third kappa shape index (κ3) is 5.82. The number of amides is 1. The summed E-state index contributed by atoms with van der Waals surface area (Å²) in [5.41, 5.74) is 0. The van der Waals surface area contributed by atoms with Crippen molar-refractivity contribution in [3.63, 3.8) is 0 Å². The van der Waals surface area contributed by atoms with Gasteiger partial charge in [-0.2, -0.15) is 0 Å². The van der Waals surface area contributed by atoms with Crippen molar-refractivity contribution in [3.05, 3.63) is 18.2 Å². The minimum atomic E-state index is 0.148. The smallest absolute Gasteiger partial charge is 0.231 e. The third-order valence-electron chi connectivity index (χ3n) is 5.31. The topological polar surface area (TPSA) is 56.8 Å². The molecule has 0 atom stereocenters. The summed E-state index contributed by atoms with van der Waals surface area (Å²) in [4.78, 5) is 12.2. The molecular formula is C22H29NO4. The van der Waals surface area contributed by atoms with E-state index in [4.69, 9.17) is 14.2 Å². The molecule has 1 fully saturated rings. The van der Waals surface area contributed by atoms with Crippen LogP contribution in [0.2, 0.25) is 0 Å². The Labute approximate surface area is 161 Å². The van der Waals surface area contributed by atoms with Crippen molar-refractivity contribution in [1.29, 1.82) is 0 Å². The Morgan fingerprint density at radius 2 is 2.00 bits per heavy atom. The molecule has 1 aromatic carbocycles. The Morgan fingerprint density at radius 3 is 2.81 bits per heavy atom. The van der Waals surface area contributed by atoms with E-state index in [0.29, 0.717) is 18.0 Å². The molecule has 1 aromatic rings. The lowest BCUT2D eigenvalue weighted by Gasteiger charge is -2.27. The number of fused-ring (bicyclic) bond motifs is 1. The molecule has 3 rings (SSSR count). The summed E-state index contributed by atoms with van der Waals surface area (Å²) in [5, 5.41) is 2.94. The number of hydrogen-bond acceptors (Lipinski definition) is 4. The Kier molecular flexibility index (Phi) is 7.27. The molecule has 1 aliphatic carbocycles. The molecule has 5 nitrogen and oxygen atoms in total. The van der Waals surface area contributed by atoms with Gasteiger partial charge in [-0.25, -0.2) is 0 Å². The Bertz CT molecular complexity index is 683. The van der Waals surface area contributed by atoms with Crippen LogP contribution in [-0.4, -0.2) is 25.9 Å². The second kappa shape index (κ2) is 10.1. The molecule has 1 aliphatic heterocycles. The van der Waals surface area contributed by atoms with Gasteiger partial charge in [0.25, 0.3) is 0 Å². The third-order valence-corrected chi connectivity index (χ3v) is 5.31. The molecule has 1 amide bonds. The molecule has 5 heteroatoms. The van der Waals surface area contributed by atoms with Gasteiger partial charge in [-0.15, -0.1) is 0 Å². The van der Waals surface area contributed by atoms with E-state index in [2.05, 4.69) is 24.1 Å². The highest BCUT2D eigenvalue weighted by atomic mass is 16.7. The molecule has 146 valence electrons. The molecule has 1 heterocycles. The molecule has 2 aliphatic rings. The SMILES string of the molecule is CCCCC1CCC(C(=O)NCC#CCOc2ccc3c(c2)OCO3)CC1. The van der Waals surface area contributed by atoms with Gasteiger partial charge in [0, 0.05) is 12.0 Å². The fourth-order valence-corrected chi connectivity index (χ4v) is 3.68. The highest BCUT2D eigenvalue weighted by Crippen LogP contribution is 2.35. The maximum atomic E-state index is 12.2. The second-order valence-electron chi connectivity index (χ2n) is 7.23. The second-order valence-corrected chi connectivity index (χ2v) is 7.23. The summed E-state index contributed by atoms with van der Waals surface area (Å²) in [6.07, 6.45) is 8.30. The quantitative estimate of drug-likeness (QED) is 0.739. The number of benzene rings is 1. The molecule has 0 radical (unpaired) electrons. The number of ether oxygens (including phenoxy) is 3. The first kappa shape index (κ1) is 19.4. The zero-order chi connectivity index (χ0) is 18.9. The van der Waals surface area contributed by atoms with Crippen molar-refractivity contribution < 1.29 is 19.0 Å². The number of unbranched alkanes of at least 4 members (excludes halogenated alkanes) is 1. The number of hydrogen-bond donors (Lipinski definition) is 1. The van der Waals surface area contributed by atoms with Crippen LogP contribution in [0.25, 0.3) is 0 Å². The van der Waals surface area contributed by atoms with E-state index >= 15 is 0 Å². The summed E-state index contributed by atoms with van der Waals surface area (Å²) < 4.78 is 16.1. The van der Waals surface area contributed by atoms with Gasteiger partial charge in [0.2, 0.25) is 12.7 Å².